The summed E-state index contributed by atoms with van der Waals surface area (Å²) in [5, 5.41) is 7.43. The molecule has 3 rings (SSSR count). The summed E-state index contributed by atoms with van der Waals surface area (Å²) in [6, 6.07) is 17.7. The minimum absolute atomic E-state index is 0.137. The lowest BCUT2D eigenvalue weighted by molar-refractivity contribution is -0.148. The van der Waals surface area contributed by atoms with Crippen molar-refractivity contribution in [1.29, 1.82) is 0 Å². The van der Waals surface area contributed by atoms with Crippen LogP contribution in [-0.2, 0) is 23.9 Å². The third-order valence-electron chi connectivity index (χ3n) is 4.92. The van der Waals surface area contributed by atoms with Gasteiger partial charge in [-0.2, -0.15) is 0 Å². The van der Waals surface area contributed by atoms with E-state index in [1.807, 2.05) is 36.4 Å². The van der Waals surface area contributed by atoms with Crippen molar-refractivity contribution in [3.63, 3.8) is 0 Å². The maximum absolute atomic E-state index is 12.6. The van der Waals surface area contributed by atoms with Crippen molar-refractivity contribution >= 4 is 40.1 Å². The van der Waals surface area contributed by atoms with E-state index in [1.54, 1.807) is 36.6 Å². The van der Waals surface area contributed by atoms with Crippen LogP contribution >= 0.6 is 11.3 Å². The molecular weight excluding hydrogens is 468 g/mol. The van der Waals surface area contributed by atoms with Crippen molar-refractivity contribution in [3.8, 4) is 11.1 Å². The van der Waals surface area contributed by atoms with Crippen LogP contribution in [0.25, 0.3) is 11.1 Å². The Morgan fingerprint density at radius 3 is 2.23 bits per heavy atom. The van der Waals surface area contributed by atoms with Crippen molar-refractivity contribution in [2.45, 2.75) is 26.3 Å². The van der Waals surface area contributed by atoms with E-state index in [-0.39, 0.29) is 24.5 Å². The Bertz CT molecular complexity index is 1180. The van der Waals surface area contributed by atoms with Crippen LogP contribution in [-0.4, -0.2) is 37.0 Å². The standard InChI is InChI=1S/C26H26N2O6S/c1-3-33-26(32)24-20(18-10-6-4-7-11-18)16-35-25(24)28-22(30)15-34-23(31)14-21(27-17(2)29)19-12-8-5-9-13-19/h4-13,16,21H,3,14-15H2,1-2H3,(H,27,29)(H,28,30). The molecule has 35 heavy (non-hydrogen) atoms. The van der Waals surface area contributed by atoms with Crippen molar-refractivity contribution < 1.29 is 28.7 Å². The van der Waals surface area contributed by atoms with Gasteiger partial charge in [0.05, 0.1) is 19.1 Å². The van der Waals surface area contributed by atoms with E-state index in [1.165, 1.54) is 18.3 Å². The zero-order chi connectivity index (χ0) is 25.2. The van der Waals surface area contributed by atoms with Gasteiger partial charge in [0.25, 0.3) is 5.91 Å². The zero-order valence-electron chi connectivity index (χ0n) is 19.4. The first-order valence-corrected chi connectivity index (χ1v) is 11.9. The third-order valence-corrected chi connectivity index (χ3v) is 5.82. The maximum atomic E-state index is 12.6. The molecule has 0 spiro atoms. The number of anilines is 1. The number of carbonyl (C=O) groups excluding carboxylic acids is 4. The predicted molar refractivity (Wildman–Crippen MR) is 133 cm³/mol. The lowest BCUT2D eigenvalue weighted by Gasteiger charge is -2.17. The molecule has 182 valence electrons. The van der Waals surface area contributed by atoms with E-state index in [9.17, 15) is 19.2 Å². The van der Waals surface area contributed by atoms with Crippen LogP contribution in [0.3, 0.4) is 0 Å². The number of amides is 2. The number of rotatable bonds is 10. The first-order chi connectivity index (χ1) is 16.9. The highest BCUT2D eigenvalue weighted by Crippen LogP contribution is 2.36. The van der Waals surface area contributed by atoms with Gasteiger partial charge in [-0.15, -0.1) is 11.3 Å². The molecule has 8 nitrogen and oxygen atoms in total. The maximum Gasteiger partial charge on any atom is 0.341 e. The number of ether oxygens (including phenoxy) is 2. The van der Waals surface area contributed by atoms with Crippen molar-refractivity contribution in [1.82, 2.24) is 5.32 Å². The van der Waals surface area contributed by atoms with Gasteiger partial charge in [0.1, 0.15) is 10.6 Å². The molecule has 2 amide bonds. The molecule has 3 aromatic rings. The summed E-state index contributed by atoms with van der Waals surface area (Å²) in [5.41, 5.74) is 2.44. The first kappa shape index (κ1) is 25.6. The van der Waals surface area contributed by atoms with Crippen LogP contribution in [0.2, 0.25) is 0 Å². The van der Waals surface area contributed by atoms with Gasteiger partial charge in [0.2, 0.25) is 5.91 Å². The molecular formula is C26H26N2O6S. The van der Waals surface area contributed by atoms with Crippen LogP contribution in [0.5, 0.6) is 0 Å². The van der Waals surface area contributed by atoms with E-state index < -0.39 is 30.5 Å². The van der Waals surface area contributed by atoms with Crippen LogP contribution in [0.4, 0.5) is 5.00 Å². The molecule has 1 atom stereocenters. The Balaban J connectivity index is 1.66. The van der Waals surface area contributed by atoms with Crippen molar-refractivity contribution in [2.24, 2.45) is 0 Å². The third kappa shape index (κ3) is 7.25. The fourth-order valence-corrected chi connectivity index (χ4v) is 4.38. The minimum Gasteiger partial charge on any atom is -0.462 e. The lowest BCUT2D eigenvalue weighted by Crippen LogP contribution is -2.29. The van der Waals surface area contributed by atoms with Gasteiger partial charge < -0.3 is 20.1 Å². The van der Waals surface area contributed by atoms with Gasteiger partial charge >= 0.3 is 11.9 Å². The summed E-state index contributed by atoms with van der Waals surface area (Å²) in [7, 11) is 0. The molecule has 0 fully saturated rings. The Morgan fingerprint density at radius 2 is 1.60 bits per heavy atom. The second-order valence-electron chi connectivity index (χ2n) is 7.52. The molecule has 1 heterocycles. The molecule has 1 aromatic heterocycles. The largest absolute Gasteiger partial charge is 0.462 e. The van der Waals surface area contributed by atoms with Gasteiger partial charge in [0, 0.05) is 17.9 Å². The van der Waals surface area contributed by atoms with E-state index in [4.69, 9.17) is 9.47 Å². The fraction of sp³-hybridized carbons (Fsp3) is 0.231. The summed E-state index contributed by atoms with van der Waals surface area (Å²) in [5.74, 6) is -2.09. The molecule has 0 saturated heterocycles. The molecule has 1 unspecified atom stereocenters. The quantitative estimate of drug-likeness (QED) is 0.406. The molecule has 9 heteroatoms. The van der Waals surface area contributed by atoms with Crippen molar-refractivity contribution in [2.75, 3.05) is 18.5 Å². The van der Waals surface area contributed by atoms with Gasteiger partial charge in [-0.05, 0) is 18.1 Å². The molecule has 0 radical (unpaired) electrons. The summed E-state index contributed by atoms with van der Waals surface area (Å²) in [4.78, 5) is 49.1. The van der Waals surface area contributed by atoms with E-state index in [2.05, 4.69) is 10.6 Å². The molecule has 2 aromatic carbocycles. The van der Waals surface area contributed by atoms with Gasteiger partial charge in [-0.25, -0.2) is 4.79 Å². The van der Waals surface area contributed by atoms with Gasteiger partial charge in [-0.1, -0.05) is 60.7 Å². The molecule has 0 saturated carbocycles. The van der Waals surface area contributed by atoms with E-state index in [0.29, 0.717) is 10.6 Å². The van der Waals surface area contributed by atoms with Crippen LogP contribution in [0.15, 0.2) is 66.0 Å². The van der Waals surface area contributed by atoms with Gasteiger partial charge in [0.15, 0.2) is 6.61 Å². The molecule has 0 aliphatic heterocycles. The number of esters is 2. The fourth-order valence-electron chi connectivity index (χ4n) is 3.40. The normalized spacial score (nSPS) is 11.3. The zero-order valence-corrected chi connectivity index (χ0v) is 20.2. The summed E-state index contributed by atoms with van der Waals surface area (Å²) in [6.45, 7) is 2.71. The highest BCUT2D eigenvalue weighted by atomic mass is 32.1. The predicted octanol–water partition coefficient (Wildman–Crippen LogP) is 4.34. The monoisotopic (exact) mass is 494 g/mol. The highest BCUT2D eigenvalue weighted by molar-refractivity contribution is 7.15. The Kier molecular flexibility index (Phi) is 9.14. The average Bonchev–Trinajstić information content (AvgIpc) is 3.27. The topological polar surface area (TPSA) is 111 Å². The first-order valence-electron chi connectivity index (χ1n) is 11.0. The highest BCUT2D eigenvalue weighted by Gasteiger charge is 2.24. The van der Waals surface area contributed by atoms with E-state index in [0.717, 1.165) is 11.1 Å². The SMILES string of the molecule is CCOC(=O)c1c(-c2ccccc2)csc1NC(=O)COC(=O)CC(NC(C)=O)c1ccccc1. The number of hydrogen-bond donors (Lipinski definition) is 2. The number of thiophene rings is 1. The number of hydrogen-bond acceptors (Lipinski definition) is 7. The molecule has 0 bridgehead atoms. The lowest BCUT2D eigenvalue weighted by atomic mass is 10.0. The summed E-state index contributed by atoms with van der Waals surface area (Å²) in [6.07, 6.45) is -0.137. The van der Waals surface area contributed by atoms with Crippen LogP contribution in [0.1, 0.15) is 42.2 Å². The number of benzene rings is 2. The van der Waals surface area contributed by atoms with E-state index >= 15 is 0 Å². The minimum atomic E-state index is -0.649. The molecule has 0 aliphatic rings. The Morgan fingerprint density at radius 1 is 0.943 bits per heavy atom. The second kappa shape index (κ2) is 12.5. The average molecular weight is 495 g/mol. The Labute approximate surface area is 207 Å². The van der Waals surface area contributed by atoms with Crippen LogP contribution < -0.4 is 10.6 Å². The van der Waals surface area contributed by atoms with Gasteiger partial charge in [-0.3, -0.25) is 14.4 Å². The van der Waals surface area contributed by atoms with Crippen LogP contribution in [0, 0.1) is 0 Å². The number of nitrogens with one attached hydrogen (secondary N) is 2. The summed E-state index contributed by atoms with van der Waals surface area (Å²) < 4.78 is 10.3. The molecule has 0 aliphatic carbocycles. The van der Waals surface area contributed by atoms with Crippen molar-refractivity contribution in [3.05, 3.63) is 77.2 Å². The molecule has 2 N–H and O–H groups in total. The number of carbonyl (C=O) groups is 4. The second-order valence-corrected chi connectivity index (χ2v) is 8.40. The smallest absolute Gasteiger partial charge is 0.341 e. The summed E-state index contributed by atoms with van der Waals surface area (Å²) >= 11 is 1.18. The Hall–Kier alpha value is -3.98.